The van der Waals surface area contributed by atoms with Crippen LogP contribution in [0, 0.1) is 23.7 Å². The highest BCUT2D eigenvalue weighted by Crippen LogP contribution is 2.52. The Morgan fingerprint density at radius 1 is 1.09 bits per heavy atom. The molecule has 2 fully saturated rings. The second-order valence-electron chi connectivity index (χ2n) is 11.9. The molecule has 3 heterocycles. The lowest BCUT2D eigenvalue weighted by Crippen LogP contribution is -2.46. The summed E-state index contributed by atoms with van der Waals surface area (Å²) in [5.74, 6) is -1.40. The van der Waals surface area contributed by atoms with E-state index in [9.17, 15) is 19.7 Å². The molecule has 2 aliphatic heterocycles. The van der Waals surface area contributed by atoms with Crippen LogP contribution in [0.4, 0.5) is 5.69 Å². The average Bonchev–Trinajstić information content (AvgIpc) is 3.25. The van der Waals surface area contributed by atoms with Crippen LogP contribution in [0.25, 0.3) is 11.6 Å². The minimum atomic E-state index is -1.05. The molecule has 6 rings (SSSR count). The summed E-state index contributed by atoms with van der Waals surface area (Å²) in [5.41, 5.74) is 5.25. The molecule has 7 nitrogen and oxygen atoms in total. The number of fused-ring (bicyclic) bond motifs is 3. The molecule has 9 heteroatoms. The van der Waals surface area contributed by atoms with E-state index >= 15 is 0 Å². The Morgan fingerprint density at radius 2 is 1.86 bits per heavy atom. The summed E-state index contributed by atoms with van der Waals surface area (Å²) in [6.45, 7) is 4.23. The molecule has 43 heavy (non-hydrogen) atoms. The minimum Gasteiger partial charge on any atom is -0.508 e. The van der Waals surface area contributed by atoms with Gasteiger partial charge in [0.05, 0.1) is 34.3 Å². The Morgan fingerprint density at radius 3 is 2.56 bits per heavy atom. The summed E-state index contributed by atoms with van der Waals surface area (Å²) in [6.07, 6.45) is 5.15. The van der Waals surface area contributed by atoms with Crippen molar-refractivity contribution >= 4 is 47.9 Å². The van der Waals surface area contributed by atoms with E-state index < -0.39 is 25.1 Å². The quantitative estimate of drug-likeness (QED) is 0.186. The molecule has 1 aliphatic carbocycles. The number of imide groups is 1. The number of amides is 2. The first-order valence-corrected chi connectivity index (χ1v) is 15.2. The van der Waals surface area contributed by atoms with Crippen molar-refractivity contribution in [3.8, 4) is 5.75 Å². The summed E-state index contributed by atoms with van der Waals surface area (Å²) in [7, 11) is -1.05. The molecule has 2 amide bonds. The number of rotatable bonds is 7. The Labute approximate surface area is 257 Å². The van der Waals surface area contributed by atoms with Crippen molar-refractivity contribution in [3.05, 3.63) is 100 Å². The fraction of sp³-hybridized carbons (Fsp3) is 0.324. The number of allylic oxidation sites excluding steroid dienone is 2. The normalized spacial score (nSPS) is 24.1. The van der Waals surface area contributed by atoms with Gasteiger partial charge < -0.3 is 14.8 Å². The number of anilines is 1. The third kappa shape index (κ3) is 5.67. The Bertz CT molecular complexity index is 1590. The zero-order chi connectivity index (χ0) is 30.2. The fourth-order valence-corrected chi connectivity index (χ4v) is 7.24. The summed E-state index contributed by atoms with van der Waals surface area (Å²) in [6, 6.07) is 19.7. The molecule has 220 valence electrons. The van der Waals surface area contributed by atoms with Crippen molar-refractivity contribution in [1.29, 1.82) is 0 Å². The van der Waals surface area contributed by atoms with Gasteiger partial charge in [-0.25, -0.2) is 0 Å². The van der Waals surface area contributed by atoms with Crippen molar-refractivity contribution in [2.24, 2.45) is 23.7 Å². The highest BCUT2D eigenvalue weighted by atomic mass is 35.5. The third-order valence-corrected chi connectivity index (χ3v) is 9.27. The highest BCUT2D eigenvalue weighted by molar-refractivity contribution is 6.43. The number of aromatic hydroxyl groups is 1. The average molecular weight is 597 g/mol. The van der Waals surface area contributed by atoms with Crippen LogP contribution >= 0.6 is 11.6 Å². The maximum atomic E-state index is 13.9. The summed E-state index contributed by atoms with van der Waals surface area (Å²) >= 11 is 6.45. The molecule has 3 aromatic rings. The predicted octanol–water partition coefficient (Wildman–Crippen LogP) is 6.42. The topological polar surface area (TPSA) is 100.0 Å². The summed E-state index contributed by atoms with van der Waals surface area (Å²) < 4.78 is 6.22. The fourth-order valence-electron chi connectivity index (χ4n) is 7.02. The lowest BCUT2D eigenvalue weighted by molar-refractivity contribution is -0.122. The van der Waals surface area contributed by atoms with Gasteiger partial charge >= 0.3 is 7.12 Å². The molecule has 0 bridgehead atoms. The Balaban J connectivity index is 1.34. The number of pyridine rings is 1. The molecule has 1 aromatic heterocycles. The Kier molecular flexibility index (Phi) is 8.27. The van der Waals surface area contributed by atoms with Crippen molar-refractivity contribution in [1.82, 2.24) is 4.98 Å². The first-order valence-electron chi connectivity index (χ1n) is 14.8. The number of phenols is 1. The van der Waals surface area contributed by atoms with E-state index in [0.717, 1.165) is 28.0 Å². The SMILES string of the molecule is CC(C)C1=C2[C@@H](CC/C(=C/c3ccc(O)cc3Cl)c3ccccn3)OB(O)C[C@@H]2[C@@H]2C(=O)N(c3ccccc3)C(=O)[C@@H]2C1. The predicted molar refractivity (Wildman–Crippen MR) is 168 cm³/mol. The first kappa shape index (κ1) is 29.4. The van der Waals surface area contributed by atoms with Crippen LogP contribution in [0.3, 0.4) is 0 Å². The van der Waals surface area contributed by atoms with Gasteiger partial charge in [-0.05, 0) is 103 Å². The zero-order valence-corrected chi connectivity index (χ0v) is 24.9. The smallest absolute Gasteiger partial charge is 0.455 e. The van der Waals surface area contributed by atoms with Crippen LogP contribution in [0.5, 0.6) is 5.75 Å². The maximum absolute atomic E-state index is 13.9. The van der Waals surface area contributed by atoms with Crippen LogP contribution in [0.1, 0.15) is 44.4 Å². The third-order valence-electron chi connectivity index (χ3n) is 8.94. The van der Waals surface area contributed by atoms with Crippen molar-refractivity contribution in [2.45, 2.75) is 45.5 Å². The van der Waals surface area contributed by atoms with Gasteiger partial charge in [-0.15, -0.1) is 0 Å². The number of aromatic nitrogens is 1. The highest BCUT2D eigenvalue weighted by Gasteiger charge is 2.57. The minimum absolute atomic E-state index is 0.0895. The van der Waals surface area contributed by atoms with Gasteiger partial charge in [-0.2, -0.15) is 0 Å². The molecule has 2 saturated heterocycles. The molecular formula is C34H34BClN2O5. The summed E-state index contributed by atoms with van der Waals surface area (Å²) in [5, 5.41) is 21.2. The van der Waals surface area contributed by atoms with Gasteiger partial charge in [0.15, 0.2) is 0 Å². The molecule has 2 N–H and O–H groups in total. The number of carbonyl (C=O) groups excluding carboxylic acids is 2. The number of nitrogens with zero attached hydrogens (tertiary/aromatic N) is 2. The van der Waals surface area contributed by atoms with Crippen molar-refractivity contribution in [2.75, 3.05) is 4.90 Å². The van der Waals surface area contributed by atoms with Crippen LogP contribution in [-0.4, -0.2) is 40.2 Å². The number of hydrogen-bond donors (Lipinski definition) is 2. The van der Waals surface area contributed by atoms with Gasteiger partial charge in [0.25, 0.3) is 0 Å². The molecule has 4 atom stereocenters. The molecule has 0 spiro atoms. The second-order valence-corrected chi connectivity index (χ2v) is 12.3. The van der Waals surface area contributed by atoms with E-state index in [2.05, 4.69) is 18.8 Å². The molecule has 0 saturated carbocycles. The molecule has 0 radical (unpaired) electrons. The number of phenolic OH excluding ortho intramolecular Hbond substituents is 1. The zero-order valence-electron chi connectivity index (χ0n) is 24.2. The van der Waals surface area contributed by atoms with Gasteiger partial charge in [-0.1, -0.05) is 55.3 Å². The molecule has 0 unspecified atom stereocenters. The van der Waals surface area contributed by atoms with E-state index in [0.29, 0.717) is 30.0 Å². The number of halogens is 1. The van der Waals surface area contributed by atoms with Gasteiger partial charge in [0.2, 0.25) is 11.8 Å². The lowest BCUT2D eigenvalue weighted by atomic mass is 9.57. The number of para-hydroxylation sites is 1. The van der Waals surface area contributed by atoms with E-state index in [4.69, 9.17) is 16.3 Å². The monoisotopic (exact) mass is 596 g/mol. The van der Waals surface area contributed by atoms with E-state index in [-0.39, 0.29) is 35.7 Å². The van der Waals surface area contributed by atoms with E-state index in [1.807, 2.05) is 42.5 Å². The number of carbonyl (C=O) groups is 2. The van der Waals surface area contributed by atoms with Crippen molar-refractivity contribution < 1.29 is 24.4 Å². The Hall–Kier alpha value is -3.72. The largest absolute Gasteiger partial charge is 0.508 e. The second kappa shape index (κ2) is 12.1. The van der Waals surface area contributed by atoms with Gasteiger partial charge in [0.1, 0.15) is 5.75 Å². The van der Waals surface area contributed by atoms with Gasteiger partial charge in [-0.3, -0.25) is 19.5 Å². The summed E-state index contributed by atoms with van der Waals surface area (Å²) in [4.78, 5) is 33.5. The molecular weight excluding hydrogens is 563 g/mol. The van der Waals surface area contributed by atoms with E-state index in [1.54, 1.807) is 30.5 Å². The molecule has 2 aromatic carbocycles. The maximum Gasteiger partial charge on any atom is 0.455 e. The van der Waals surface area contributed by atoms with E-state index in [1.165, 1.54) is 11.0 Å². The first-order chi connectivity index (χ1) is 20.7. The van der Waals surface area contributed by atoms with Crippen LogP contribution < -0.4 is 4.90 Å². The number of hydrogen-bond acceptors (Lipinski definition) is 6. The molecule has 3 aliphatic rings. The van der Waals surface area contributed by atoms with Crippen LogP contribution in [0.2, 0.25) is 11.3 Å². The van der Waals surface area contributed by atoms with Crippen LogP contribution in [0.15, 0.2) is 84.1 Å². The van der Waals surface area contributed by atoms with Crippen molar-refractivity contribution in [3.63, 3.8) is 0 Å². The van der Waals surface area contributed by atoms with Gasteiger partial charge in [0, 0.05) is 6.20 Å². The number of benzene rings is 2. The lowest BCUT2D eigenvalue weighted by Gasteiger charge is -2.44. The van der Waals surface area contributed by atoms with Crippen LogP contribution in [-0.2, 0) is 14.2 Å². The standard InChI is InChI=1S/C34H34BClN2O5/c1-20(2)25-18-26-32(34(41)38(33(26)40)23-8-4-3-5-9-23)27-19-35(42)43-30(31(25)27)14-12-22(29-10-6-7-15-37-29)16-21-11-13-24(39)17-28(21)36/h3-11,13,15-17,20,26-27,30,32,39,42H,12,14,18-19H2,1-2H3/b22-16-/t26-,27+,30-,32-/m1/s1.